The molecule has 0 saturated heterocycles. The van der Waals surface area contributed by atoms with Crippen molar-refractivity contribution < 1.29 is 13.2 Å². The predicted octanol–water partition coefficient (Wildman–Crippen LogP) is 3.63. The van der Waals surface area contributed by atoms with E-state index in [9.17, 15) is 13.2 Å². The Morgan fingerprint density at radius 3 is 2.12 bits per heavy atom. The van der Waals surface area contributed by atoms with Crippen molar-refractivity contribution in [3.05, 3.63) is 0 Å². The van der Waals surface area contributed by atoms with Gasteiger partial charge in [-0.05, 0) is 38.0 Å². The number of halogens is 3. The van der Waals surface area contributed by atoms with Gasteiger partial charge in [-0.2, -0.15) is 13.2 Å². The first-order valence-electron chi connectivity index (χ1n) is 6.26. The summed E-state index contributed by atoms with van der Waals surface area (Å²) >= 11 is 0. The van der Waals surface area contributed by atoms with Crippen LogP contribution in [0.1, 0.15) is 51.4 Å². The van der Waals surface area contributed by atoms with Crippen LogP contribution < -0.4 is 5.73 Å². The van der Waals surface area contributed by atoms with Gasteiger partial charge in [0, 0.05) is 5.54 Å². The Hall–Kier alpha value is -0.250. The Balaban J connectivity index is 2.01. The van der Waals surface area contributed by atoms with E-state index in [0.717, 1.165) is 44.9 Å². The summed E-state index contributed by atoms with van der Waals surface area (Å²) in [6.07, 6.45) is 2.11. The fourth-order valence-corrected chi connectivity index (χ4v) is 2.89. The number of hydrogen-bond acceptors (Lipinski definition) is 1. The third-order valence-electron chi connectivity index (χ3n) is 4.16. The Kier molecular flexibility index (Phi) is 3.21. The van der Waals surface area contributed by atoms with Gasteiger partial charge in [-0.3, -0.25) is 0 Å². The molecular weight excluding hydrogens is 215 g/mol. The molecule has 0 aliphatic heterocycles. The standard InChI is InChI=1S/C12H20F3N/c13-12(14,15)10(8-11(16)6-7-11)9-4-2-1-3-5-9/h9-10H,1-8,16H2. The highest BCUT2D eigenvalue weighted by atomic mass is 19.4. The minimum atomic E-state index is -4.06. The molecule has 2 N–H and O–H groups in total. The van der Waals surface area contributed by atoms with E-state index in [2.05, 4.69) is 0 Å². The molecule has 0 radical (unpaired) electrons. The molecule has 1 nitrogen and oxygen atoms in total. The maximum atomic E-state index is 13.0. The van der Waals surface area contributed by atoms with Gasteiger partial charge in [-0.15, -0.1) is 0 Å². The Morgan fingerprint density at radius 2 is 1.69 bits per heavy atom. The zero-order valence-corrected chi connectivity index (χ0v) is 9.52. The molecule has 2 aliphatic rings. The fraction of sp³-hybridized carbons (Fsp3) is 1.00. The van der Waals surface area contributed by atoms with Gasteiger partial charge in [0.2, 0.25) is 0 Å². The molecule has 0 amide bonds. The predicted molar refractivity (Wildman–Crippen MR) is 56.9 cm³/mol. The highest BCUT2D eigenvalue weighted by Gasteiger charge is 2.51. The molecule has 2 aliphatic carbocycles. The van der Waals surface area contributed by atoms with Gasteiger partial charge >= 0.3 is 6.18 Å². The van der Waals surface area contributed by atoms with Crippen LogP contribution >= 0.6 is 0 Å². The van der Waals surface area contributed by atoms with E-state index in [1.807, 2.05) is 0 Å². The largest absolute Gasteiger partial charge is 0.392 e. The molecule has 16 heavy (non-hydrogen) atoms. The van der Waals surface area contributed by atoms with Crippen LogP contribution in [0.2, 0.25) is 0 Å². The molecule has 4 heteroatoms. The second-order valence-electron chi connectivity index (χ2n) is 5.61. The van der Waals surface area contributed by atoms with Crippen LogP contribution in [-0.2, 0) is 0 Å². The maximum Gasteiger partial charge on any atom is 0.392 e. The van der Waals surface area contributed by atoms with Gasteiger partial charge in [0.05, 0.1) is 5.92 Å². The van der Waals surface area contributed by atoms with Gasteiger partial charge in [-0.25, -0.2) is 0 Å². The Bertz CT molecular complexity index is 239. The molecule has 1 unspecified atom stereocenters. The van der Waals surface area contributed by atoms with E-state index in [-0.39, 0.29) is 12.3 Å². The summed E-state index contributed by atoms with van der Waals surface area (Å²) < 4.78 is 39.0. The zero-order chi connectivity index (χ0) is 11.8. The molecule has 2 rings (SSSR count). The van der Waals surface area contributed by atoms with Gasteiger partial charge in [0.15, 0.2) is 0 Å². The van der Waals surface area contributed by atoms with E-state index >= 15 is 0 Å². The average Bonchev–Trinajstić information content (AvgIpc) is 2.93. The van der Waals surface area contributed by atoms with Crippen molar-refractivity contribution in [2.24, 2.45) is 17.6 Å². The summed E-state index contributed by atoms with van der Waals surface area (Å²) in [5.74, 6) is -1.32. The quantitative estimate of drug-likeness (QED) is 0.794. The molecule has 2 fully saturated rings. The van der Waals surface area contributed by atoms with Crippen LogP contribution in [-0.4, -0.2) is 11.7 Å². The number of nitrogens with two attached hydrogens (primary N) is 1. The third-order valence-corrected chi connectivity index (χ3v) is 4.16. The maximum absolute atomic E-state index is 13.0. The van der Waals surface area contributed by atoms with Crippen LogP contribution in [0.3, 0.4) is 0 Å². The summed E-state index contributed by atoms with van der Waals surface area (Å²) in [5.41, 5.74) is 5.36. The highest BCUT2D eigenvalue weighted by Crippen LogP contribution is 2.48. The van der Waals surface area contributed by atoms with Crippen LogP contribution in [0.25, 0.3) is 0 Å². The van der Waals surface area contributed by atoms with Crippen LogP contribution in [0.15, 0.2) is 0 Å². The monoisotopic (exact) mass is 235 g/mol. The van der Waals surface area contributed by atoms with E-state index in [1.165, 1.54) is 0 Å². The number of rotatable bonds is 3. The summed E-state index contributed by atoms with van der Waals surface area (Å²) in [6.45, 7) is 0. The average molecular weight is 235 g/mol. The van der Waals surface area contributed by atoms with E-state index in [4.69, 9.17) is 5.73 Å². The lowest BCUT2D eigenvalue weighted by atomic mass is 9.76. The number of hydrogen-bond donors (Lipinski definition) is 1. The van der Waals surface area contributed by atoms with Crippen molar-refractivity contribution in [1.82, 2.24) is 0 Å². The first-order chi connectivity index (χ1) is 7.41. The molecule has 0 spiro atoms. The van der Waals surface area contributed by atoms with Crippen LogP contribution in [0.5, 0.6) is 0 Å². The van der Waals surface area contributed by atoms with E-state index in [1.54, 1.807) is 0 Å². The minimum absolute atomic E-state index is 0.154. The van der Waals surface area contributed by atoms with Crippen molar-refractivity contribution in [3.8, 4) is 0 Å². The Morgan fingerprint density at radius 1 is 1.12 bits per heavy atom. The van der Waals surface area contributed by atoms with Gasteiger partial charge in [0.25, 0.3) is 0 Å². The fourth-order valence-electron chi connectivity index (χ4n) is 2.89. The van der Waals surface area contributed by atoms with Crippen molar-refractivity contribution >= 4 is 0 Å². The molecular formula is C12H20F3N. The van der Waals surface area contributed by atoms with E-state index < -0.39 is 17.6 Å². The van der Waals surface area contributed by atoms with Gasteiger partial charge in [-0.1, -0.05) is 19.3 Å². The number of alkyl halides is 3. The third kappa shape index (κ3) is 2.90. The lowest BCUT2D eigenvalue weighted by Gasteiger charge is -2.33. The lowest BCUT2D eigenvalue weighted by Crippen LogP contribution is -2.38. The molecule has 2 saturated carbocycles. The molecule has 0 bridgehead atoms. The van der Waals surface area contributed by atoms with E-state index in [0.29, 0.717) is 0 Å². The SMILES string of the molecule is NC1(CC(C2CCCCC2)C(F)(F)F)CC1. The first-order valence-corrected chi connectivity index (χ1v) is 6.26. The first kappa shape index (κ1) is 12.2. The second kappa shape index (κ2) is 4.21. The Labute approximate surface area is 94.6 Å². The summed E-state index contributed by atoms with van der Waals surface area (Å²) in [5, 5.41) is 0. The second-order valence-corrected chi connectivity index (χ2v) is 5.61. The minimum Gasteiger partial charge on any atom is -0.325 e. The van der Waals surface area contributed by atoms with Crippen LogP contribution in [0.4, 0.5) is 13.2 Å². The highest BCUT2D eigenvalue weighted by molar-refractivity contribution is 5.01. The molecule has 0 aromatic rings. The summed E-state index contributed by atoms with van der Waals surface area (Å²) in [6, 6.07) is 0. The van der Waals surface area contributed by atoms with Crippen LogP contribution in [0, 0.1) is 11.8 Å². The molecule has 1 atom stereocenters. The van der Waals surface area contributed by atoms with Gasteiger partial charge < -0.3 is 5.73 Å². The topological polar surface area (TPSA) is 26.0 Å². The van der Waals surface area contributed by atoms with Crippen molar-refractivity contribution in [1.29, 1.82) is 0 Å². The molecule has 0 heterocycles. The zero-order valence-electron chi connectivity index (χ0n) is 9.52. The van der Waals surface area contributed by atoms with Gasteiger partial charge in [0.1, 0.15) is 0 Å². The lowest BCUT2D eigenvalue weighted by molar-refractivity contribution is -0.195. The molecule has 0 aromatic heterocycles. The normalized spacial score (nSPS) is 27.8. The smallest absolute Gasteiger partial charge is 0.325 e. The summed E-state index contributed by atoms with van der Waals surface area (Å²) in [4.78, 5) is 0. The summed E-state index contributed by atoms with van der Waals surface area (Å²) in [7, 11) is 0. The van der Waals surface area contributed by atoms with Crippen molar-refractivity contribution in [3.63, 3.8) is 0 Å². The molecule has 0 aromatic carbocycles. The molecule has 94 valence electrons. The van der Waals surface area contributed by atoms with Crippen molar-refractivity contribution in [2.45, 2.75) is 63.1 Å². The van der Waals surface area contributed by atoms with Crippen molar-refractivity contribution in [2.75, 3.05) is 0 Å².